The van der Waals surface area contributed by atoms with E-state index in [2.05, 4.69) is 5.32 Å². The molecule has 122 valence electrons. The van der Waals surface area contributed by atoms with Gasteiger partial charge in [-0.15, -0.1) is 0 Å². The van der Waals surface area contributed by atoms with Gasteiger partial charge in [0.2, 0.25) is 5.91 Å². The normalized spacial score (nSPS) is 25.2. The largest absolute Gasteiger partial charge is 0.351 e. The molecular formula is C16H24N2O3S. The number of hydrogen-bond acceptors (Lipinski definition) is 4. The molecule has 0 bridgehead atoms. The van der Waals surface area contributed by atoms with E-state index in [9.17, 15) is 13.2 Å². The molecule has 1 unspecified atom stereocenters. The van der Waals surface area contributed by atoms with Crippen molar-refractivity contribution in [3.63, 3.8) is 0 Å². The number of rotatable bonds is 4. The Labute approximate surface area is 132 Å². The summed E-state index contributed by atoms with van der Waals surface area (Å²) in [6.07, 6.45) is 3.82. The second-order valence-electron chi connectivity index (χ2n) is 6.34. The van der Waals surface area contributed by atoms with Gasteiger partial charge in [-0.1, -0.05) is 30.3 Å². The molecule has 0 aromatic heterocycles. The highest BCUT2D eigenvalue weighted by Gasteiger charge is 2.34. The molecule has 5 nitrogen and oxygen atoms in total. The van der Waals surface area contributed by atoms with Crippen LogP contribution in [0.4, 0.5) is 0 Å². The number of hydrogen-bond donors (Lipinski definition) is 2. The van der Waals surface area contributed by atoms with Gasteiger partial charge in [0, 0.05) is 12.3 Å². The molecule has 3 N–H and O–H groups in total. The van der Waals surface area contributed by atoms with Crippen LogP contribution < -0.4 is 11.1 Å². The summed E-state index contributed by atoms with van der Waals surface area (Å²) in [7, 11) is -2.99. The van der Waals surface area contributed by atoms with E-state index in [4.69, 9.17) is 5.73 Å². The molecule has 1 aromatic carbocycles. The Morgan fingerprint density at radius 1 is 1.18 bits per heavy atom. The molecule has 1 aliphatic rings. The lowest BCUT2D eigenvalue weighted by atomic mass is 9.90. The van der Waals surface area contributed by atoms with Crippen molar-refractivity contribution in [1.29, 1.82) is 0 Å². The average Bonchev–Trinajstić information content (AvgIpc) is 2.47. The van der Waals surface area contributed by atoms with E-state index in [1.165, 1.54) is 6.26 Å². The monoisotopic (exact) mass is 324 g/mol. The fraction of sp³-hybridized carbons (Fsp3) is 0.562. The Hall–Kier alpha value is -1.40. The van der Waals surface area contributed by atoms with Gasteiger partial charge in [0.05, 0.1) is 5.25 Å². The molecule has 0 radical (unpaired) electrons. The van der Waals surface area contributed by atoms with Crippen molar-refractivity contribution in [3.05, 3.63) is 35.9 Å². The second-order valence-corrected chi connectivity index (χ2v) is 8.67. The predicted molar refractivity (Wildman–Crippen MR) is 87.0 cm³/mol. The molecular weight excluding hydrogens is 300 g/mol. The van der Waals surface area contributed by atoms with E-state index in [0.717, 1.165) is 5.56 Å². The molecule has 0 heterocycles. The number of nitrogens with two attached hydrogens (primary N) is 1. The lowest BCUT2D eigenvalue weighted by molar-refractivity contribution is -0.127. The van der Waals surface area contributed by atoms with Crippen LogP contribution in [0.15, 0.2) is 30.3 Å². The van der Waals surface area contributed by atoms with Gasteiger partial charge in [-0.05, 0) is 38.2 Å². The van der Waals surface area contributed by atoms with Crippen LogP contribution in [-0.2, 0) is 20.2 Å². The van der Waals surface area contributed by atoms with Crippen LogP contribution >= 0.6 is 0 Å². The van der Waals surface area contributed by atoms with Crippen molar-refractivity contribution in [3.8, 4) is 0 Å². The first kappa shape index (κ1) is 17.0. The summed E-state index contributed by atoms with van der Waals surface area (Å²) in [5, 5.41) is 2.69. The minimum absolute atomic E-state index is 0.00270. The fourth-order valence-electron chi connectivity index (χ4n) is 2.89. The summed E-state index contributed by atoms with van der Waals surface area (Å²) in [5.41, 5.74) is 5.86. The molecule has 1 fully saturated rings. The van der Waals surface area contributed by atoms with E-state index >= 15 is 0 Å². The number of carbonyl (C=O) groups is 1. The highest BCUT2D eigenvalue weighted by molar-refractivity contribution is 7.91. The third-order valence-electron chi connectivity index (χ3n) is 4.46. The molecule has 2 rings (SSSR count). The van der Waals surface area contributed by atoms with Crippen molar-refractivity contribution >= 4 is 15.7 Å². The molecule has 1 amide bonds. The first-order valence-corrected chi connectivity index (χ1v) is 9.51. The molecule has 1 atom stereocenters. The first-order chi connectivity index (χ1) is 10.2. The minimum Gasteiger partial charge on any atom is -0.351 e. The second kappa shape index (κ2) is 6.38. The van der Waals surface area contributed by atoms with Crippen molar-refractivity contribution < 1.29 is 13.2 Å². The van der Waals surface area contributed by atoms with Crippen LogP contribution in [0.2, 0.25) is 0 Å². The maximum Gasteiger partial charge on any atom is 0.244 e. The zero-order chi connectivity index (χ0) is 16.4. The Morgan fingerprint density at radius 2 is 1.73 bits per heavy atom. The maximum absolute atomic E-state index is 12.5. The number of amides is 1. The van der Waals surface area contributed by atoms with Crippen molar-refractivity contribution in [1.82, 2.24) is 5.32 Å². The van der Waals surface area contributed by atoms with Crippen molar-refractivity contribution in [2.24, 2.45) is 5.73 Å². The number of nitrogens with one attached hydrogen (secondary N) is 1. The third kappa shape index (κ3) is 3.87. The highest BCUT2D eigenvalue weighted by atomic mass is 32.2. The van der Waals surface area contributed by atoms with Gasteiger partial charge in [-0.2, -0.15) is 0 Å². The van der Waals surface area contributed by atoms with Gasteiger partial charge in [-0.3, -0.25) is 4.79 Å². The molecule has 1 aliphatic carbocycles. The van der Waals surface area contributed by atoms with E-state index in [-0.39, 0.29) is 17.2 Å². The first-order valence-electron chi connectivity index (χ1n) is 7.55. The van der Waals surface area contributed by atoms with E-state index in [1.54, 1.807) is 6.92 Å². The minimum atomic E-state index is -2.99. The summed E-state index contributed by atoms with van der Waals surface area (Å²) in [6.45, 7) is 1.69. The Kier molecular flexibility index (Phi) is 4.92. The molecule has 6 heteroatoms. The quantitative estimate of drug-likeness (QED) is 0.874. The maximum atomic E-state index is 12.5. The highest BCUT2D eigenvalue weighted by Crippen LogP contribution is 2.25. The standard InChI is InChI=1S/C16H24N2O3S/c1-16(17,12-6-4-3-5-7-12)15(19)18-13-8-10-14(11-9-13)22(2,20)21/h3-7,13-14H,8-11,17H2,1-2H3,(H,18,19). The zero-order valence-corrected chi connectivity index (χ0v) is 13.9. The Morgan fingerprint density at radius 3 is 2.23 bits per heavy atom. The SMILES string of the molecule is CC(N)(C(=O)NC1CCC(S(C)(=O)=O)CC1)c1ccccc1. The van der Waals surface area contributed by atoms with Gasteiger partial charge in [-0.25, -0.2) is 8.42 Å². The smallest absolute Gasteiger partial charge is 0.244 e. The summed E-state index contributed by atoms with van der Waals surface area (Å²) in [6, 6.07) is 9.25. The summed E-state index contributed by atoms with van der Waals surface area (Å²) >= 11 is 0. The fourth-order valence-corrected chi connectivity index (χ4v) is 4.01. The van der Waals surface area contributed by atoms with Crippen LogP contribution in [-0.4, -0.2) is 31.9 Å². The number of carbonyl (C=O) groups excluding carboxylic acids is 1. The number of sulfone groups is 1. The molecule has 0 spiro atoms. The van der Waals surface area contributed by atoms with Gasteiger partial charge in [0.25, 0.3) is 0 Å². The van der Waals surface area contributed by atoms with Crippen LogP contribution in [0, 0.1) is 0 Å². The van der Waals surface area contributed by atoms with Gasteiger partial charge < -0.3 is 11.1 Å². The Balaban J connectivity index is 1.96. The number of benzene rings is 1. The lowest BCUT2D eigenvalue weighted by Gasteiger charge is -2.31. The van der Waals surface area contributed by atoms with Gasteiger partial charge in [0.15, 0.2) is 0 Å². The van der Waals surface area contributed by atoms with Gasteiger partial charge in [0.1, 0.15) is 15.4 Å². The average molecular weight is 324 g/mol. The topological polar surface area (TPSA) is 89.3 Å². The Bertz CT molecular complexity index is 618. The van der Waals surface area contributed by atoms with E-state index < -0.39 is 15.4 Å². The van der Waals surface area contributed by atoms with E-state index in [0.29, 0.717) is 25.7 Å². The van der Waals surface area contributed by atoms with Crippen molar-refractivity contribution in [2.75, 3.05) is 6.26 Å². The van der Waals surface area contributed by atoms with Crippen molar-refractivity contribution in [2.45, 2.75) is 49.4 Å². The molecule has 0 saturated heterocycles. The van der Waals surface area contributed by atoms with Crippen LogP contribution in [0.3, 0.4) is 0 Å². The summed E-state index contributed by atoms with van der Waals surface area (Å²) < 4.78 is 23.1. The van der Waals surface area contributed by atoms with Crippen LogP contribution in [0.1, 0.15) is 38.2 Å². The van der Waals surface area contributed by atoms with E-state index in [1.807, 2.05) is 30.3 Å². The third-order valence-corrected chi connectivity index (χ3v) is 6.14. The molecule has 1 saturated carbocycles. The van der Waals surface area contributed by atoms with Crippen LogP contribution in [0.5, 0.6) is 0 Å². The predicted octanol–water partition coefficient (Wildman–Crippen LogP) is 1.33. The summed E-state index contributed by atoms with van der Waals surface area (Å²) in [4.78, 5) is 12.5. The molecule has 22 heavy (non-hydrogen) atoms. The summed E-state index contributed by atoms with van der Waals surface area (Å²) in [5.74, 6) is -0.221. The molecule has 0 aliphatic heterocycles. The van der Waals surface area contributed by atoms with Crippen LogP contribution in [0.25, 0.3) is 0 Å². The van der Waals surface area contributed by atoms with Gasteiger partial charge >= 0.3 is 0 Å². The molecule has 1 aromatic rings. The zero-order valence-electron chi connectivity index (χ0n) is 13.1. The lowest BCUT2D eigenvalue weighted by Crippen LogP contribution is -2.52.